The van der Waals surface area contributed by atoms with Crippen molar-refractivity contribution in [3.63, 3.8) is 0 Å². The van der Waals surface area contributed by atoms with Gasteiger partial charge in [-0.05, 0) is 31.4 Å². The Morgan fingerprint density at radius 3 is 2.57 bits per heavy atom. The Labute approximate surface area is 142 Å². The highest BCUT2D eigenvalue weighted by molar-refractivity contribution is 5.90. The molecule has 0 unspecified atom stereocenters. The predicted molar refractivity (Wildman–Crippen MR) is 93.4 cm³/mol. The topological polar surface area (TPSA) is 85.8 Å². The molecular formula is C16H24ClN5O. The Morgan fingerprint density at radius 2 is 1.96 bits per heavy atom. The van der Waals surface area contributed by atoms with Gasteiger partial charge in [0.05, 0.1) is 5.69 Å². The maximum Gasteiger partial charge on any atom is 0.291 e. The van der Waals surface area contributed by atoms with E-state index < -0.39 is 0 Å². The first-order valence-corrected chi connectivity index (χ1v) is 7.48. The van der Waals surface area contributed by atoms with E-state index in [-0.39, 0.29) is 30.2 Å². The average Bonchev–Trinajstić information content (AvgIpc) is 2.89. The van der Waals surface area contributed by atoms with Crippen LogP contribution in [-0.2, 0) is 0 Å². The third-order valence-electron chi connectivity index (χ3n) is 3.49. The molecule has 1 amide bonds. The van der Waals surface area contributed by atoms with Crippen molar-refractivity contribution in [1.82, 2.24) is 20.1 Å². The van der Waals surface area contributed by atoms with Gasteiger partial charge in [-0.25, -0.2) is 9.67 Å². The first kappa shape index (κ1) is 19.1. The first-order valence-electron chi connectivity index (χ1n) is 7.48. The Hall–Kier alpha value is -1.92. The predicted octanol–water partition coefficient (Wildman–Crippen LogP) is 2.20. The molecule has 0 saturated carbocycles. The zero-order valence-corrected chi connectivity index (χ0v) is 14.7. The lowest BCUT2D eigenvalue weighted by molar-refractivity contribution is 0.0931. The van der Waals surface area contributed by atoms with Crippen molar-refractivity contribution in [2.24, 2.45) is 5.73 Å². The molecule has 126 valence electrons. The molecule has 1 atom stereocenters. The van der Waals surface area contributed by atoms with E-state index in [0.717, 1.165) is 11.3 Å². The lowest BCUT2D eigenvalue weighted by atomic mass is 10.0. The van der Waals surface area contributed by atoms with Crippen molar-refractivity contribution in [2.45, 2.75) is 39.7 Å². The maximum atomic E-state index is 12.1. The van der Waals surface area contributed by atoms with E-state index >= 15 is 0 Å². The van der Waals surface area contributed by atoms with E-state index in [1.807, 2.05) is 32.0 Å². The molecule has 7 heteroatoms. The van der Waals surface area contributed by atoms with Gasteiger partial charge in [0.25, 0.3) is 5.91 Å². The van der Waals surface area contributed by atoms with Gasteiger partial charge in [0.2, 0.25) is 5.82 Å². The van der Waals surface area contributed by atoms with Gasteiger partial charge in [0.15, 0.2) is 0 Å². The molecule has 2 aromatic rings. The summed E-state index contributed by atoms with van der Waals surface area (Å²) in [6.07, 6.45) is 0. The van der Waals surface area contributed by atoms with Crippen LogP contribution in [0.5, 0.6) is 0 Å². The summed E-state index contributed by atoms with van der Waals surface area (Å²) in [6.45, 7) is 8.31. The number of hydrogen-bond acceptors (Lipinski definition) is 4. The van der Waals surface area contributed by atoms with Crippen LogP contribution in [0.15, 0.2) is 24.3 Å². The average molecular weight is 338 g/mol. The summed E-state index contributed by atoms with van der Waals surface area (Å²) in [5.74, 6) is 0.895. The second-order valence-corrected chi connectivity index (χ2v) is 5.72. The number of rotatable bonds is 5. The molecule has 0 bridgehead atoms. The molecule has 0 saturated heterocycles. The molecule has 0 aliphatic rings. The van der Waals surface area contributed by atoms with Crippen molar-refractivity contribution in [2.75, 3.05) is 6.54 Å². The minimum Gasteiger partial charge on any atom is -0.346 e. The fourth-order valence-electron chi connectivity index (χ4n) is 2.23. The molecule has 23 heavy (non-hydrogen) atoms. The number of halogens is 1. The standard InChI is InChI=1S/C16H23N5O.ClH/c1-10(2)13-7-5-6-8-14(13)21-12(4)19-15(20-21)16(22)18-11(3)9-17;/h5-8,10-11H,9,17H2,1-4H3,(H,18,22);1H/t11-;/m0./s1. The minimum atomic E-state index is -0.304. The van der Waals surface area contributed by atoms with Crippen LogP contribution in [0.1, 0.15) is 48.7 Å². The number of hydrogen-bond donors (Lipinski definition) is 2. The Morgan fingerprint density at radius 1 is 1.30 bits per heavy atom. The van der Waals surface area contributed by atoms with E-state index in [1.54, 1.807) is 4.68 Å². The summed E-state index contributed by atoms with van der Waals surface area (Å²) in [7, 11) is 0. The van der Waals surface area contributed by atoms with Crippen molar-refractivity contribution in [3.8, 4) is 5.69 Å². The number of nitrogens with two attached hydrogens (primary N) is 1. The lowest BCUT2D eigenvalue weighted by Gasteiger charge is -2.13. The highest BCUT2D eigenvalue weighted by atomic mass is 35.5. The highest BCUT2D eigenvalue weighted by Crippen LogP contribution is 2.23. The molecule has 1 aromatic carbocycles. The first-order chi connectivity index (χ1) is 10.4. The summed E-state index contributed by atoms with van der Waals surface area (Å²) in [5.41, 5.74) is 7.63. The molecule has 0 fully saturated rings. The monoisotopic (exact) mass is 337 g/mol. The van der Waals surface area contributed by atoms with Crippen molar-refractivity contribution < 1.29 is 4.79 Å². The van der Waals surface area contributed by atoms with E-state index in [2.05, 4.69) is 35.3 Å². The third kappa shape index (κ3) is 4.30. The van der Waals surface area contributed by atoms with Crippen LogP contribution in [0, 0.1) is 6.92 Å². The summed E-state index contributed by atoms with van der Waals surface area (Å²) in [6, 6.07) is 7.90. The minimum absolute atomic E-state index is 0. The molecule has 1 aromatic heterocycles. The van der Waals surface area contributed by atoms with E-state index in [4.69, 9.17) is 5.73 Å². The van der Waals surface area contributed by atoms with Crippen LogP contribution in [0.2, 0.25) is 0 Å². The summed E-state index contributed by atoms with van der Waals surface area (Å²) < 4.78 is 1.72. The molecule has 0 spiro atoms. The van der Waals surface area contributed by atoms with Crippen LogP contribution in [0.25, 0.3) is 5.69 Å². The quantitative estimate of drug-likeness (QED) is 0.875. The van der Waals surface area contributed by atoms with Crippen LogP contribution in [-0.4, -0.2) is 33.3 Å². The third-order valence-corrected chi connectivity index (χ3v) is 3.49. The van der Waals surface area contributed by atoms with Crippen molar-refractivity contribution in [3.05, 3.63) is 41.5 Å². The second-order valence-electron chi connectivity index (χ2n) is 5.72. The zero-order chi connectivity index (χ0) is 16.3. The molecular weight excluding hydrogens is 314 g/mol. The van der Waals surface area contributed by atoms with Gasteiger partial charge in [-0.2, -0.15) is 0 Å². The van der Waals surface area contributed by atoms with E-state index in [1.165, 1.54) is 0 Å². The molecule has 6 nitrogen and oxygen atoms in total. The Bertz CT molecular complexity index is 668. The molecule has 2 rings (SSSR count). The number of nitrogens with one attached hydrogen (secondary N) is 1. The number of aryl methyl sites for hydroxylation is 1. The van der Waals surface area contributed by atoms with E-state index in [9.17, 15) is 4.79 Å². The fraction of sp³-hybridized carbons (Fsp3) is 0.438. The zero-order valence-electron chi connectivity index (χ0n) is 13.9. The van der Waals surface area contributed by atoms with Crippen LogP contribution >= 0.6 is 12.4 Å². The molecule has 0 radical (unpaired) electrons. The SMILES string of the molecule is Cc1nc(C(=O)N[C@@H](C)CN)nn1-c1ccccc1C(C)C.Cl. The van der Waals surface area contributed by atoms with Gasteiger partial charge in [0, 0.05) is 12.6 Å². The van der Waals surface area contributed by atoms with Crippen molar-refractivity contribution in [1.29, 1.82) is 0 Å². The molecule has 0 aliphatic carbocycles. The molecule has 0 aliphatic heterocycles. The Balaban J connectivity index is 0.00000264. The molecule has 3 N–H and O–H groups in total. The largest absolute Gasteiger partial charge is 0.346 e. The van der Waals surface area contributed by atoms with Gasteiger partial charge >= 0.3 is 0 Å². The number of nitrogens with zero attached hydrogens (tertiary/aromatic N) is 3. The Kier molecular flexibility index (Phi) is 6.72. The van der Waals surface area contributed by atoms with Crippen LogP contribution in [0.3, 0.4) is 0 Å². The molecule has 1 heterocycles. The number of carbonyl (C=O) groups excluding carboxylic acids is 1. The van der Waals surface area contributed by atoms with Crippen molar-refractivity contribution >= 4 is 18.3 Å². The number of amides is 1. The normalized spacial score (nSPS) is 11.9. The smallest absolute Gasteiger partial charge is 0.291 e. The summed E-state index contributed by atoms with van der Waals surface area (Å²) in [5, 5.41) is 7.14. The number of aromatic nitrogens is 3. The van der Waals surface area contributed by atoms with Gasteiger partial charge in [-0.3, -0.25) is 4.79 Å². The van der Waals surface area contributed by atoms with E-state index in [0.29, 0.717) is 18.3 Å². The van der Waals surface area contributed by atoms with Gasteiger partial charge < -0.3 is 11.1 Å². The maximum absolute atomic E-state index is 12.1. The number of carbonyl (C=O) groups is 1. The van der Waals surface area contributed by atoms with Crippen LogP contribution < -0.4 is 11.1 Å². The highest BCUT2D eigenvalue weighted by Gasteiger charge is 2.18. The van der Waals surface area contributed by atoms with Crippen LogP contribution in [0.4, 0.5) is 0 Å². The van der Waals surface area contributed by atoms with Gasteiger partial charge in [0.1, 0.15) is 5.82 Å². The van der Waals surface area contributed by atoms with Gasteiger partial charge in [-0.1, -0.05) is 32.0 Å². The lowest BCUT2D eigenvalue weighted by Crippen LogP contribution is -2.38. The number of benzene rings is 1. The second kappa shape index (κ2) is 8.08. The summed E-state index contributed by atoms with van der Waals surface area (Å²) >= 11 is 0. The fourth-order valence-corrected chi connectivity index (χ4v) is 2.23. The number of para-hydroxylation sites is 1. The van der Waals surface area contributed by atoms with Gasteiger partial charge in [-0.15, -0.1) is 17.5 Å². The summed E-state index contributed by atoms with van der Waals surface area (Å²) in [4.78, 5) is 16.4.